The minimum Gasteiger partial charge on any atom is -0.393 e. The highest BCUT2D eigenvalue weighted by Gasteiger charge is 2.34. The van der Waals surface area contributed by atoms with Crippen molar-refractivity contribution < 1.29 is 9.90 Å². The molecule has 2 N–H and O–H groups in total. The Balaban J connectivity index is 1.22. The van der Waals surface area contributed by atoms with Gasteiger partial charge >= 0.3 is 0 Å². The third kappa shape index (κ3) is 6.77. The molecule has 1 saturated heterocycles. The monoisotopic (exact) mass is 499 g/mol. The van der Waals surface area contributed by atoms with E-state index in [2.05, 4.69) is 62.7 Å². The molecule has 0 bridgehead atoms. The lowest BCUT2D eigenvalue weighted by atomic mass is 9.77. The first-order valence-corrected chi connectivity index (χ1v) is 14.4. The third-order valence-electron chi connectivity index (χ3n) is 8.50. The van der Waals surface area contributed by atoms with Crippen LogP contribution in [0.4, 0.5) is 5.82 Å². The molecule has 1 aromatic rings. The number of amides is 1. The van der Waals surface area contributed by atoms with E-state index in [1.54, 1.807) is 0 Å². The lowest BCUT2D eigenvalue weighted by Crippen LogP contribution is -2.53. The van der Waals surface area contributed by atoms with E-state index in [0.717, 1.165) is 88.0 Å². The molecule has 2 heterocycles. The summed E-state index contributed by atoms with van der Waals surface area (Å²) < 4.78 is 0. The summed E-state index contributed by atoms with van der Waals surface area (Å²) in [6.45, 7) is 17.6. The fourth-order valence-electron chi connectivity index (χ4n) is 5.92. The van der Waals surface area contributed by atoms with Gasteiger partial charge in [-0.15, -0.1) is 0 Å². The van der Waals surface area contributed by atoms with Gasteiger partial charge in [0.25, 0.3) is 0 Å². The van der Waals surface area contributed by atoms with E-state index in [9.17, 15) is 9.90 Å². The number of rotatable bonds is 7. The second-order valence-electron chi connectivity index (χ2n) is 13.1. The Morgan fingerprint density at radius 2 is 1.83 bits per heavy atom. The van der Waals surface area contributed by atoms with Crippen LogP contribution in [0.1, 0.15) is 104 Å². The quantitative estimate of drug-likeness (QED) is 0.584. The van der Waals surface area contributed by atoms with Crippen molar-refractivity contribution in [1.29, 1.82) is 0 Å². The zero-order valence-electron chi connectivity index (χ0n) is 23.5. The normalized spacial score (nSPS) is 29.8. The summed E-state index contributed by atoms with van der Waals surface area (Å²) in [5.41, 5.74) is 1.07. The number of aromatic nitrogens is 2. The Kier molecular flexibility index (Phi) is 8.60. The highest BCUT2D eigenvalue weighted by molar-refractivity contribution is 5.79. The summed E-state index contributed by atoms with van der Waals surface area (Å²) >= 11 is 0. The third-order valence-corrected chi connectivity index (χ3v) is 8.50. The van der Waals surface area contributed by atoms with Gasteiger partial charge in [-0.25, -0.2) is 9.97 Å². The van der Waals surface area contributed by atoms with Crippen molar-refractivity contribution in [3.8, 4) is 0 Å². The number of piperazine rings is 1. The average Bonchev–Trinajstić information content (AvgIpc) is 2.79. The molecule has 0 spiro atoms. The highest BCUT2D eigenvalue weighted by atomic mass is 16.3. The molecule has 3 fully saturated rings. The smallest absolute Gasteiger partial charge is 0.223 e. The van der Waals surface area contributed by atoms with Crippen molar-refractivity contribution in [1.82, 2.24) is 20.2 Å². The summed E-state index contributed by atoms with van der Waals surface area (Å²) in [7, 11) is 0. The van der Waals surface area contributed by atoms with Gasteiger partial charge in [-0.3, -0.25) is 9.69 Å². The van der Waals surface area contributed by atoms with Crippen molar-refractivity contribution in [2.45, 2.75) is 116 Å². The molecule has 36 heavy (non-hydrogen) atoms. The number of carbonyl (C=O) groups is 1. The van der Waals surface area contributed by atoms with Gasteiger partial charge in [0.05, 0.1) is 6.10 Å². The second-order valence-corrected chi connectivity index (χ2v) is 13.1. The molecule has 0 aromatic carbocycles. The number of carbonyl (C=O) groups excluding carboxylic acids is 1. The van der Waals surface area contributed by atoms with E-state index in [1.807, 2.05) is 0 Å². The number of nitrogens with one attached hydrogen (secondary N) is 1. The minimum atomic E-state index is -0.203. The van der Waals surface area contributed by atoms with Gasteiger partial charge in [0.2, 0.25) is 5.91 Å². The SMILES string of the molecule is CC(C)c1cc(N2CCN(CC[C@H]3C[C@H](NC(=O)C4CCC(O)CC4)C3)C[C@@H]2C)nc(C(C)(C)C)n1. The van der Waals surface area contributed by atoms with Crippen LogP contribution in [0.25, 0.3) is 0 Å². The van der Waals surface area contributed by atoms with Gasteiger partial charge in [-0.1, -0.05) is 34.6 Å². The average molecular weight is 500 g/mol. The molecule has 0 unspecified atom stereocenters. The second kappa shape index (κ2) is 11.3. The Morgan fingerprint density at radius 1 is 1.14 bits per heavy atom. The van der Waals surface area contributed by atoms with Gasteiger partial charge in [0.1, 0.15) is 11.6 Å². The van der Waals surface area contributed by atoms with Crippen LogP contribution in [0.3, 0.4) is 0 Å². The predicted molar refractivity (Wildman–Crippen MR) is 145 cm³/mol. The van der Waals surface area contributed by atoms with Gasteiger partial charge in [0.15, 0.2) is 0 Å². The van der Waals surface area contributed by atoms with Crippen LogP contribution in [-0.2, 0) is 10.2 Å². The molecule has 0 radical (unpaired) electrons. The van der Waals surface area contributed by atoms with E-state index in [1.165, 1.54) is 6.42 Å². The Bertz CT molecular complexity index is 884. The first-order valence-electron chi connectivity index (χ1n) is 14.4. The van der Waals surface area contributed by atoms with Crippen LogP contribution >= 0.6 is 0 Å². The lowest BCUT2D eigenvalue weighted by molar-refractivity contribution is -0.128. The number of hydrogen-bond acceptors (Lipinski definition) is 6. The molecule has 7 nitrogen and oxygen atoms in total. The summed E-state index contributed by atoms with van der Waals surface area (Å²) in [6, 6.07) is 2.98. The van der Waals surface area contributed by atoms with Crippen LogP contribution < -0.4 is 10.2 Å². The maximum Gasteiger partial charge on any atom is 0.223 e. The molecule has 1 aromatic heterocycles. The molecule has 1 atom stereocenters. The van der Waals surface area contributed by atoms with Gasteiger partial charge < -0.3 is 15.3 Å². The lowest BCUT2D eigenvalue weighted by Gasteiger charge is -2.42. The Labute approximate surface area is 218 Å². The van der Waals surface area contributed by atoms with E-state index in [0.29, 0.717) is 18.0 Å². The molecule has 202 valence electrons. The maximum absolute atomic E-state index is 12.5. The number of nitrogens with zero attached hydrogens (tertiary/aromatic N) is 4. The van der Waals surface area contributed by atoms with Crippen molar-refractivity contribution in [2.24, 2.45) is 11.8 Å². The molecule has 1 amide bonds. The van der Waals surface area contributed by atoms with Gasteiger partial charge in [0, 0.05) is 54.8 Å². The van der Waals surface area contributed by atoms with Crippen LogP contribution in [0, 0.1) is 11.8 Å². The standard InChI is InChI=1S/C29H49N5O2/c1-19(2)25-17-26(32-28(31-25)29(4,5)6)34-14-13-33(18-20(34)3)12-11-21-15-23(16-21)30-27(36)22-7-9-24(35)10-8-22/h17,19-24,35H,7-16,18H2,1-6H3,(H,30,36)/t20-,21-,22?,23-,24?/m0/s1. The molecule has 2 aliphatic carbocycles. The maximum atomic E-state index is 12.5. The van der Waals surface area contributed by atoms with Gasteiger partial charge in [-0.05, 0) is 70.3 Å². The topological polar surface area (TPSA) is 81.6 Å². The molecular weight excluding hydrogens is 450 g/mol. The van der Waals surface area contributed by atoms with Crippen molar-refractivity contribution >= 4 is 11.7 Å². The van der Waals surface area contributed by atoms with E-state index < -0.39 is 0 Å². The fourth-order valence-corrected chi connectivity index (χ4v) is 5.92. The summed E-state index contributed by atoms with van der Waals surface area (Å²) in [6.07, 6.45) is 6.45. The zero-order chi connectivity index (χ0) is 26.0. The predicted octanol–water partition coefficient (Wildman–Crippen LogP) is 4.24. The number of aliphatic hydroxyl groups excluding tert-OH is 1. The van der Waals surface area contributed by atoms with Crippen LogP contribution in [0.15, 0.2) is 6.07 Å². The number of hydrogen-bond donors (Lipinski definition) is 2. The minimum absolute atomic E-state index is 0.0658. The first kappa shape index (κ1) is 27.3. The van der Waals surface area contributed by atoms with Crippen LogP contribution in [0.5, 0.6) is 0 Å². The Hall–Kier alpha value is -1.73. The van der Waals surface area contributed by atoms with E-state index in [-0.39, 0.29) is 23.3 Å². The number of anilines is 1. The van der Waals surface area contributed by atoms with Crippen LogP contribution in [0.2, 0.25) is 0 Å². The van der Waals surface area contributed by atoms with Crippen LogP contribution in [-0.4, -0.2) is 70.2 Å². The van der Waals surface area contributed by atoms with Crippen molar-refractivity contribution in [3.63, 3.8) is 0 Å². The summed E-state index contributed by atoms with van der Waals surface area (Å²) in [5.74, 6) is 3.45. The Morgan fingerprint density at radius 3 is 2.44 bits per heavy atom. The van der Waals surface area contributed by atoms with Gasteiger partial charge in [-0.2, -0.15) is 0 Å². The fraction of sp³-hybridized carbons (Fsp3) is 0.828. The largest absolute Gasteiger partial charge is 0.393 e. The first-order chi connectivity index (χ1) is 17.0. The molecule has 2 saturated carbocycles. The highest BCUT2D eigenvalue weighted by Crippen LogP contribution is 2.33. The molecule has 7 heteroatoms. The molecule has 4 rings (SSSR count). The van der Waals surface area contributed by atoms with E-state index >= 15 is 0 Å². The molecular formula is C29H49N5O2. The zero-order valence-corrected chi connectivity index (χ0v) is 23.5. The van der Waals surface area contributed by atoms with Crippen molar-refractivity contribution in [3.05, 3.63) is 17.6 Å². The van der Waals surface area contributed by atoms with Crippen molar-refractivity contribution in [2.75, 3.05) is 31.1 Å². The molecule has 3 aliphatic rings. The summed E-state index contributed by atoms with van der Waals surface area (Å²) in [4.78, 5) is 27.5. The summed E-state index contributed by atoms with van der Waals surface area (Å²) in [5, 5.41) is 12.9. The molecule has 1 aliphatic heterocycles. The number of aliphatic hydroxyl groups is 1. The van der Waals surface area contributed by atoms with E-state index in [4.69, 9.17) is 9.97 Å².